The van der Waals surface area contributed by atoms with E-state index in [1.54, 1.807) is 51.1 Å². The fraction of sp³-hybridized carbons (Fsp3) is 0.639. The first-order chi connectivity index (χ1) is 25.0. The maximum absolute atomic E-state index is 14.7. The summed E-state index contributed by atoms with van der Waals surface area (Å²) < 4.78 is 34.7. The van der Waals surface area contributed by atoms with Crippen molar-refractivity contribution in [2.45, 2.75) is 120 Å². The van der Waals surface area contributed by atoms with Crippen LogP contribution < -0.4 is 15.0 Å². The van der Waals surface area contributed by atoms with Crippen LogP contribution in [0, 0.1) is 5.92 Å². The Balaban J connectivity index is 1.68. The Bertz CT molecular complexity index is 1610. The number of rotatable bonds is 6. The minimum atomic E-state index is -1.89. The van der Waals surface area contributed by atoms with Crippen LogP contribution in [0.1, 0.15) is 52.5 Å². The molecule has 16 nitrogen and oxygen atoms in total. The molecule has 17 heteroatoms. The summed E-state index contributed by atoms with van der Waals surface area (Å²) in [5, 5.41) is 56.7. The van der Waals surface area contributed by atoms with Crippen LogP contribution in [0.5, 0.6) is 5.75 Å². The van der Waals surface area contributed by atoms with Gasteiger partial charge in [-0.25, -0.2) is 4.79 Å². The summed E-state index contributed by atoms with van der Waals surface area (Å²) in [5.41, 5.74) is -1.81. The number of carbonyl (C=O) groups is 3. The molecule has 0 saturated carbocycles. The van der Waals surface area contributed by atoms with Gasteiger partial charge >= 0.3 is 12.1 Å². The van der Waals surface area contributed by atoms with E-state index in [-0.39, 0.29) is 35.7 Å². The first-order valence-corrected chi connectivity index (χ1v) is 17.8. The number of alkyl carbamates (subject to hydrolysis) is 1. The molecule has 1 aromatic carbocycles. The zero-order chi connectivity index (χ0) is 39.0. The Morgan fingerprint density at radius 3 is 2.51 bits per heavy atom. The number of fused-ring (bicyclic) bond motifs is 5. The summed E-state index contributed by atoms with van der Waals surface area (Å²) >= 11 is 6.87. The third-order valence-corrected chi connectivity index (χ3v) is 10.8. The van der Waals surface area contributed by atoms with Crippen LogP contribution in [0.3, 0.4) is 0 Å². The summed E-state index contributed by atoms with van der Waals surface area (Å²) in [7, 11) is 2.77. The van der Waals surface area contributed by atoms with E-state index in [1.807, 2.05) is 6.92 Å². The highest BCUT2D eigenvalue weighted by atomic mass is 35.5. The lowest BCUT2D eigenvalue weighted by molar-refractivity contribution is -0.228. The van der Waals surface area contributed by atoms with Gasteiger partial charge in [0.2, 0.25) is 5.91 Å². The highest BCUT2D eigenvalue weighted by molar-refractivity contribution is 6.35. The smallest absolute Gasteiger partial charge is 0.409 e. The lowest BCUT2D eigenvalue weighted by atomic mass is 9.83. The normalized spacial score (nSPS) is 37.9. The second-order valence-corrected chi connectivity index (χ2v) is 14.5. The Labute approximate surface area is 312 Å². The Morgan fingerprint density at radius 2 is 1.87 bits per heavy atom. The molecule has 2 amide bonds. The summed E-state index contributed by atoms with van der Waals surface area (Å²) in [6, 6.07) is 3.23. The number of amides is 2. The van der Waals surface area contributed by atoms with Gasteiger partial charge in [0.1, 0.15) is 59.1 Å². The van der Waals surface area contributed by atoms with Gasteiger partial charge in [0, 0.05) is 25.9 Å². The second-order valence-electron chi connectivity index (χ2n) is 14.2. The molecule has 0 aromatic heterocycles. The van der Waals surface area contributed by atoms with E-state index in [0.29, 0.717) is 5.56 Å². The number of benzene rings is 1. The Hall–Kier alpha value is -3.32. The standard InChI is InChI=1S/C36H49ClN2O14/c1-7-27(42)52-25-14-26(41)39(33-31(45)30(44)29(43)23(16-40)50-33)20-12-19(13-21(48-5)28(20)37)11-17(2)9-8-10-24(49-6)36(47)15-22(51-34(46)38-36)18(3)32-35(25,4)53-32/h8-10,12-13,18,22-25,29-33,40,43-45,47H,7,11,14-16H2,1-6H3,(H,38,46)/t18-,22+,23?,24-,25+,29?,30?,31?,32+,33?,35+,36+/m1/s1. The van der Waals surface area contributed by atoms with Crippen molar-refractivity contribution in [1.29, 1.82) is 0 Å². The Morgan fingerprint density at radius 1 is 1.15 bits per heavy atom. The number of nitrogens with zero attached hydrogens (tertiary/aromatic N) is 1. The van der Waals surface area contributed by atoms with Gasteiger partial charge in [-0.05, 0) is 38.0 Å². The number of allylic oxidation sites excluding steroid dienone is 3. The molecular formula is C36H49ClN2O14. The number of halogens is 1. The SMILES string of the molecule is CCC(=O)O[C@H]1CC(=O)N(C2OC(CO)C(O)C(O)C2O)c2cc(cc(OC)c2Cl)CC(C)=CC=C[C@@H](OC)[C@@]2(O)C[C@H](OC(=O)N2)[C@@H](C)[C@@H]2O[C@@]12C. The lowest BCUT2D eigenvalue weighted by Gasteiger charge is -2.45. The van der Waals surface area contributed by atoms with Crippen LogP contribution in [-0.2, 0) is 39.7 Å². The molecule has 5 rings (SSSR count). The van der Waals surface area contributed by atoms with Crippen molar-refractivity contribution in [2.75, 3.05) is 25.7 Å². The van der Waals surface area contributed by atoms with Crippen molar-refractivity contribution < 1.29 is 68.3 Å². The average Bonchev–Trinajstić information content (AvgIpc) is 3.81. The van der Waals surface area contributed by atoms with Crippen LogP contribution in [0.2, 0.25) is 5.02 Å². The predicted molar refractivity (Wildman–Crippen MR) is 187 cm³/mol. The third-order valence-electron chi connectivity index (χ3n) is 10.4. The van der Waals surface area contributed by atoms with Crippen molar-refractivity contribution in [3.63, 3.8) is 0 Å². The van der Waals surface area contributed by atoms with Gasteiger partial charge in [-0.3, -0.25) is 19.8 Å². The maximum atomic E-state index is 14.7. The maximum Gasteiger partial charge on any atom is 0.409 e. The molecule has 5 unspecified atom stereocenters. The molecule has 0 radical (unpaired) electrons. The van der Waals surface area contributed by atoms with Gasteiger partial charge in [-0.15, -0.1) is 0 Å². The number of carbonyl (C=O) groups excluding carboxylic acids is 3. The van der Waals surface area contributed by atoms with Crippen LogP contribution >= 0.6 is 11.6 Å². The molecule has 1 aromatic rings. The minimum absolute atomic E-state index is 0.00240. The number of hydrogen-bond donors (Lipinski definition) is 6. The van der Waals surface area contributed by atoms with Gasteiger partial charge in [0.25, 0.3) is 0 Å². The summed E-state index contributed by atoms with van der Waals surface area (Å²) in [6.45, 7) is 6.02. The van der Waals surface area contributed by atoms with E-state index in [4.69, 9.17) is 40.0 Å². The molecule has 4 bridgehead atoms. The number of methoxy groups -OCH3 is 2. The molecule has 4 aliphatic heterocycles. The minimum Gasteiger partial charge on any atom is -0.495 e. The van der Waals surface area contributed by atoms with Crippen LogP contribution in [0.4, 0.5) is 10.5 Å². The largest absolute Gasteiger partial charge is 0.495 e. The number of hydrogen-bond acceptors (Lipinski definition) is 14. The third kappa shape index (κ3) is 8.21. The first kappa shape index (κ1) is 40.9. The summed E-state index contributed by atoms with van der Waals surface area (Å²) in [4.78, 5) is 41.4. The van der Waals surface area contributed by atoms with Crippen LogP contribution in [0.25, 0.3) is 0 Å². The monoisotopic (exact) mass is 768 g/mol. The zero-order valence-corrected chi connectivity index (χ0v) is 31.2. The van der Waals surface area contributed by atoms with Crippen molar-refractivity contribution in [2.24, 2.45) is 5.92 Å². The summed E-state index contributed by atoms with van der Waals surface area (Å²) in [6.07, 6.45) is -8.72. The molecule has 3 fully saturated rings. The van der Waals surface area contributed by atoms with E-state index in [1.165, 1.54) is 14.2 Å². The molecule has 12 atom stereocenters. The van der Waals surface area contributed by atoms with Crippen molar-refractivity contribution in [3.05, 3.63) is 46.5 Å². The number of ether oxygens (including phenoxy) is 6. The fourth-order valence-corrected chi connectivity index (χ4v) is 7.59. The van der Waals surface area contributed by atoms with Gasteiger partial charge in [-0.1, -0.05) is 49.2 Å². The van der Waals surface area contributed by atoms with Crippen LogP contribution in [0.15, 0.2) is 35.9 Å². The number of epoxide rings is 1. The van der Waals surface area contributed by atoms with E-state index in [2.05, 4.69) is 5.32 Å². The molecule has 4 heterocycles. The van der Waals surface area contributed by atoms with Gasteiger partial charge in [0.05, 0.1) is 31.9 Å². The summed E-state index contributed by atoms with van der Waals surface area (Å²) in [5.74, 6) is -1.89. The zero-order valence-electron chi connectivity index (χ0n) is 30.4. The van der Waals surface area contributed by atoms with E-state index >= 15 is 0 Å². The lowest BCUT2D eigenvalue weighted by Crippen LogP contribution is -2.64. The number of aliphatic hydroxyl groups is 5. The first-order valence-electron chi connectivity index (χ1n) is 17.5. The molecule has 0 aliphatic carbocycles. The van der Waals surface area contributed by atoms with Crippen molar-refractivity contribution >= 4 is 35.3 Å². The number of anilines is 1. The molecule has 3 saturated heterocycles. The topological polar surface area (TPSA) is 226 Å². The molecule has 294 valence electrons. The van der Waals surface area contributed by atoms with Crippen LogP contribution in [-0.4, -0.2) is 131 Å². The van der Waals surface area contributed by atoms with Crippen molar-refractivity contribution in [1.82, 2.24) is 5.32 Å². The average molecular weight is 769 g/mol. The molecule has 4 aliphatic rings. The highest BCUT2D eigenvalue weighted by Gasteiger charge is 2.64. The van der Waals surface area contributed by atoms with E-state index in [9.17, 15) is 39.9 Å². The number of nitrogens with one attached hydrogen (secondary N) is 1. The van der Waals surface area contributed by atoms with E-state index < -0.39 is 103 Å². The molecule has 6 N–H and O–H groups in total. The quantitative estimate of drug-likeness (QED) is 0.177. The number of aliphatic hydroxyl groups excluding tert-OH is 4. The fourth-order valence-electron chi connectivity index (χ4n) is 7.31. The van der Waals surface area contributed by atoms with Crippen molar-refractivity contribution in [3.8, 4) is 5.75 Å². The van der Waals surface area contributed by atoms with Gasteiger partial charge < -0.3 is 54.0 Å². The molecular weight excluding hydrogens is 720 g/mol. The van der Waals surface area contributed by atoms with E-state index in [0.717, 1.165) is 10.5 Å². The molecule has 53 heavy (non-hydrogen) atoms. The van der Waals surface area contributed by atoms with Gasteiger partial charge in [-0.2, -0.15) is 0 Å². The highest BCUT2D eigenvalue weighted by Crippen LogP contribution is 2.49. The predicted octanol–water partition coefficient (Wildman–Crippen LogP) is 1.25. The number of esters is 1. The molecule has 0 spiro atoms. The van der Waals surface area contributed by atoms with Gasteiger partial charge in [0.15, 0.2) is 12.0 Å². The second kappa shape index (κ2) is 16.2. The Kier molecular flexibility index (Phi) is 12.5.